The van der Waals surface area contributed by atoms with Gasteiger partial charge in [-0.3, -0.25) is 4.79 Å². The van der Waals surface area contributed by atoms with Crippen LogP contribution in [0.4, 0.5) is 0 Å². The summed E-state index contributed by atoms with van der Waals surface area (Å²) in [4.78, 5) is 14.6. The number of carbonyl (C=O) groups is 1. The van der Waals surface area contributed by atoms with Gasteiger partial charge in [-0.05, 0) is 67.7 Å². The molecule has 2 atom stereocenters. The first-order chi connectivity index (χ1) is 17.2. The van der Waals surface area contributed by atoms with Crippen molar-refractivity contribution in [3.05, 3.63) is 47.5 Å². The van der Waals surface area contributed by atoms with Gasteiger partial charge < -0.3 is 29.0 Å². The maximum Gasteiger partial charge on any atom is 0.308 e. The Morgan fingerprint density at radius 1 is 0.944 bits per heavy atom. The fourth-order valence-corrected chi connectivity index (χ4v) is 4.67. The van der Waals surface area contributed by atoms with Gasteiger partial charge in [0.15, 0.2) is 23.0 Å². The van der Waals surface area contributed by atoms with Gasteiger partial charge in [-0.1, -0.05) is 26.0 Å². The number of methoxy groups -OCH3 is 4. The SMILES string of the molecule is COc1ccc(CCN(C)CCC(C(=O)O)C(C#N)(c2ccc(OC)c(OC)c2)C(C)C)cc1OC. The third-order valence-corrected chi connectivity index (χ3v) is 6.83. The maximum absolute atomic E-state index is 12.5. The van der Waals surface area contributed by atoms with Crippen LogP contribution in [0, 0.1) is 23.2 Å². The largest absolute Gasteiger partial charge is 0.493 e. The smallest absolute Gasteiger partial charge is 0.308 e. The van der Waals surface area contributed by atoms with Gasteiger partial charge in [-0.15, -0.1) is 0 Å². The van der Waals surface area contributed by atoms with Gasteiger partial charge >= 0.3 is 5.97 Å². The predicted octanol–water partition coefficient (Wildman–Crippen LogP) is 4.40. The van der Waals surface area contributed by atoms with Gasteiger partial charge in [0.25, 0.3) is 0 Å². The molecular weight excluding hydrogens is 460 g/mol. The molecule has 0 saturated carbocycles. The molecule has 196 valence electrons. The first-order valence-electron chi connectivity index (χ1n) is 11.9. The zero-order valence-corrected chi connectivity index (χ0v) is 22.3. The molecule has 2 rings (SSSR count). The highest BCUT2D eigenvalue weighted by Gasteiger charge is 2.48. The molecule has 0 saturated heterocycles. The van der Waals surface area contributed by atoms with Gasteiger partial charge in [0, 0.05) is 6.54 Å². The van der Waals surface area contributed by atoms with E-state index in [4.69, 9.17) is 18.9 Å². The number of nitrogens with zero attached hydrogens (tertiary/aromatic N) is 2. The van der Waals surface area contributed by atoms with Crippen LogP contribution in [-0.2, 0) is 16.6 Å². The molecule has 0 aliphatic carbocycles. The second kappa shape index (κ2) is 13.0. The third-order valence-electron chi connectivity index (χ3n) is 6.83. The molecule has 0 radical (unpaired) electrons. The molecule has 36 heavy (non-hydrogen) atoms. The number of carboxylic acid groups (broad SMARTS) is 1. The fourth-order valence-electron chi connectivity index (χ4n) is 4.67. The van der Waals surface area contributed by atoms with E-state index < -0.39 is 17.3 Å². The lowest BCUT2D eigenvalue weighted by atomic mass is 9.63. The molecule has 8 heteroatoms. The molecular formula is C28H38N2O6. The summed E-state index contributed by atoms with van der Waals surface area (Å²) in [7, 11) is 8.22. The Balaban J connectivity index is 2.23. The van der Waals surface area contributed by atoms with Crippen LogP contribution in [0.3, 0.4) is 0 Å². The molecule has 0 spiro atoms. The molecule has 2 aromatic rings. The van der Waals surface area contributed by atoms with E-state index in [1.165, 1.54) is 14.2 Å². The maximum atomic E-state index is 12.5. The Hall–Kier alpha value is -3.44. The van der Waals surface area contributed by atoms with E-state index in [1.807, 2.05) is 39.1 Å². The molecule has 8 nitrogen and oxygen atoms in total. The zero-order valence-electron chi connectivity index (χ0n) is 22.3. The number of likely N-dealkylation sites (N-methyl/N-ethyl adjacent to an activating group) is 1. The summed E-state index contributed by atoms with van der Waals surface area (Å²) in [5.74, 6) is 0.186. The Morgan fingerprint density at radius 2 is 1.50 bits per heavy atom. The number of aliphatic carboxylic acids is 1. The van der Waals surface area contributed by atoms with Crippen molar-refractivity contribution in [2.24, 2.45) is 11.8 Å². The van der Waals surface area contributed by atoms with E-state index in [0.29, 0.717) is 41.5 Å². The first kappa shape index (κ1) is 28.8. The number of carboxylic acids is 1. The molecule has 0 aliphatic rings. The van der Waals surface area contributed by atoms with Crippen LogP contribution in [0.2, 0.25) is 0 Å². The molecule has 0 heterocycles. The molecule has 0 fully saturated rings. The Kier molecular flexibility index (Phi) is 10.4. The Bertz CT molecular complexity index is 1060. The molecule has 2 unspecified atom stereocenters. The summed E-state index contributed by atoms with van der Waals surface area (Å²) in [5, 5.41) is 20.7. The highest BCUT2D eigenvalue weighted by atomic mass is 16.5. The van der Waals surface area contributed by atoms with Gasteiger partial charge in [-0.25, -0.2) is 0 Å². The lowest BCUT2D eigenvalue weighted by Gasteiger charge is -2.37. The summed E-state index contributed by atoms with van der Waals surface area (Å²) in [6.45, 7) is 5.01. The number of benzene rings is 2. The molecule has 0 bridgehead atoms. The van der Waals surface area contributed by atoms with E-state index in [0.717, 1.165) is 18.5 Å². The minimum absolute atomic E-state index is 0.251. The Morgan fingerprint density at radius 3 is 2.00 bits per heavy atom. The summed E-state index contributed by atoms with van der Waals surface area (Å²) < 4.78 is 21.4. The summed E-state index contributed by atoms with van der Waals surface area (Å²) in [6.07, 6.45) is 1.08. The van der Waals surface area contributed by atoms with Gasteiger partial charge in [0.1, 0.15) is 0 Å². The van der Waals surface area contributed by atoms with Crippen LogP contribution in [0.5, 0.6) is 23.0 Å². The number of hydrogen-bond donors (Lipinski definition) is 1. The van der Waals surface area contributed by atoms with Crippen molar-refractivity contribution >= 4 is 5.97 Å². The standard InChI is InChI=1S/C28H38N2O6/c1-19(2)28(18-29,21-9-11-24(34-5)26(17-21)36-7)22(27(31)32)13-15-30(3)14-12-20-8-10-23(33-4)25(16-20)35-6/h8-11,16-17,19,22H,12-15H2,1-7H3,(H,31,32). The van der Waals surface area contributed by atoms with E-state index in [2.05, 4.69) is 11.0 Å². The van der Waals surface area contributed by atoms with Crippen molar-refractivity contribution in [2.75, 3.05) is 48.6 Å². The number of rotatable bonds is 14. The highest BCUT2D eigenvalue weighted by Crippen LogP contribution is 2.44. The Labute approximate surface area is 214 Å². The quantitative estimate of drug-likeness (QED) is 0.409. The lowest BCUT2D eigenvalue weighted by Crippen LogP contribution is -2.44. The second-order valence-electron chi connectivity index (χ2n) is 9.13. The topological polar surface area (TPSA) is 101 Å². The average molecular weight is 499 g/mol. The first-order valence-corrected chi connectivity index (χ1v) is 11.9. The third kappa shape index (κ3) is 6.21. The number of hydrogen-bond acceptors (Lipinski definition) is 7. The van der Waals surface area contributed by atoms with Crippen molar-refractivity contribution in [3.8, 4) is 29.1 Å². The zero-order chi connectivity index (χ0) is 26.9. The monoisotopic (exact) mass is 498 g/mol. The number of ether oxygens (including phenoxy) is 4. The van der Waals surface area contributed by atoms with E-state index in [1.54, 1.807) is 32.4 Å². The van der Waals surface area contributed by atoms with Crippen molar-refractivity contribution in [1.29, 1.82) is 5.26 Å². The van der Waals surface area contributed by atoms with E-state index in [9.17, 15) is 15.2 Å². The average Bonchev–Trinajstić information content (AvgIpc) is 2.88. The van der Waals surface area contributed by atoms with Crippen LogP contribution in [0.1, 0.15) is 31.4 Å². The van der Waals surface area contributed by atoms with Crippen molar-refractivity contribution in [3.63, 3.8) is 0 Å². The summed E-state index contributed by atoms with van der Waals surface area (Å²) >= 11 is 0. The highest BCUT2D eigenvalue weighted by molar-refractivity contribution is 5.74. The summed E-state index contributed by atoms with van der Waals surface area (Å²) in [6, 6.07) is 13.4. The molecule has 1 N–H and O–H groups in total. The van der Waals surface area contributed by atoms with Crippen molar-refractivity contribution < 1.29 is 28.8 Å². The minimum atomic E-state index is -1.24. The number of nitriles is 1. The predicted molar refractivity (Wildman–Crippen MR) is 138 cm³/mol. The molecule has 2 aromatic carbocycles. The van der Waals surface area contributed by atoms with Crippen LogP contribution >= 0.6 is 0 Å². The van der Waals surface area contributed by atoms with Gasteiger partial charge in [0.05, 0.1) is 45.8 Å². The molecule has 0 aromatic heterocycles. The van der Waals surface area contributed by atoms with Crippen LogP contribution in [0.15, 0.2) is 36.4 Å². The van der Waals surface area contributed by atoms with E-state index in [-0.39, 0.29) is 5.92 Å². The van der Waals surface area contributed by atoms with Crippen molar-refractivity contribution in [1.82, 2.24) is 4.90 Å². The normalized spacial score (nSPS) is 13.6. The fraction of sp³-hybridized carbons (Fsp3) is 0.500. The van der Waals surface area contributed by atoms with Crippen LogP contribution in [-0.4, -0.2) is 64.6 Å². The van der Waals surface area contributed by atoms with Gasteiger partial charge in [-0.2, -0.15) is 5.26 Å². The van der Waals surface area contributed by atoms with Gasteiger partial charge in [0.2, 0.25) is 0 Å². The second-order valence-corrected chi connectivity index (χ2v) is 9.13. The lowest BCUT2D eigenvalue weighted by molar-refractivity contribution is -0.144. The minimum Gasteiger partial charge on any atom is -0.493 e. The van der Waals surface area contributed by atoms with Crippen molar-refractivity contribution in [2.45, 2.75) is 32.1 Å². The molecule has 0 amide bonds. The van der Waals surface area contributed by atoms with Crippen LogP contribution in [0.25, 0.3) is 0 Å². The van der Waals surface area contributed by atoms with E-state index >= 15 is 0 Å². The summed E-state index contributed by atoms with van der Waals surface area (Å²) in [5.41, 5.74) is 0.460. The molecule has 0 aliphatic heterocycles. The van der Waals surface area contributed by atoms with Crippen LogP contribution < -0.4 is 18.9 Å².